The van der Waals surface area contributed by atoms with Crippen LogP contribution in [0, 0.1) is 5.92 Å². The SMILES string of the molecule is CCCOc1ccc(C(F)(F)F)cc1C(C(C)CO)N(C)C. The lowest BCUT2D eigenvalue weighted by molar-refractivity contribution is -0.137. The lowest BCUT2D eigenvalue weighted by Gasteiger charge is -2.31. The van der Waals surface area contributed by atoms with Gasteiger partial charge < -0.3 is 14.7 Å². The molecule has 1 aromatic carbocycles. The van der Waals surface area contributed by atoms with Crippen molar-refractivity contribution in [1.29, 1.82) is 0 Å². The van der Waals surface area contributed by atoms with Crippen molar-refractivity contribution in [2.45, 2.75) is 32.5 Å². The standard InChI is InChI=1S/C16H24F3NO2/c1-5-8-22-14-7-6-12(16(17,18)19)9-13(14)15(20(3)4)11(2)10-21/h6-7,9,11,15,21H,5,8,10H2,1-4H3. The minimum Gasteiger partial charge on any atom is -0.493 e. The van der Waals surface area contributed by atoms with Crippen LogP contribution in [0.1, 0.15) is 37.4 Å². The monoisotopic (exact) mass is 319 g/mol. The maximum atomic E-state index is 13.0. The molecule has 126 valence electrons. The molecule has 3 nitrogen and oxygen atoms in total. The van der Waals surface area contributed by atoms with E-state index < -0.39 is 11.7 Å². The highest BCUT2D eigenvalue weighted by Gasteiger charge is 2.33. The van der Waals surface area contributed by atoms with Crippen LogP contribution in [0.4, 0.5) is 13.2 Å². The summed E-state index contributed by atoms with van der Waals surface area (Å²) in [6.45, 7) is 4.05. The molecule has 1 aromatic rings. The fraction of sp³-hybridized carbons (Fsp3) is 0.625. The van der Waals surface area contributed by atoms with E-state index in [-0.39, 0.29) is 18.6 Å². The lowest BCUT2D eigenvalue weighted by Crippen LogP contribution is -2.28. The second-order valence-corrected chi connectivity index (χ2v) is 5.67. The van der Waals surface area contributed by atoms with E-state index in [0.29, 0.717) is 17.9 Å². The van der Waals surface area contributed by atoms with Crippen molar-refractivity contribution in [3.63, 3.8) is 0 Å². The van der Waals surface area contributed by atoms with Crippen molar-refractivity contribution in [3.8, 4) is 5.75 Å². The van der Waals surface area contributed by atoms with Crippen molar-refractivity contribution >= 4 is 0 Å². The predicted molar refractivity (Wildman–Crippen MR) is 79.9 cm³/mol. The van der Waals surface area contributed by atoms with Gasteiger partial charge in [0.2, 0.25) is 0 Å². The number of alkyl halides is 3. The van der Waals surface area contributed by atoms with Crippen molar-refractivity contribution in [1.82, 2.24) is 4.90 Å². The summed E-state index contributed by atoms with van der Waals surface area (Å²) in [5.41, 5.74) is -0.252. The fourth-order valence-electron chi connectivity index (χ4n) is 2.49. The van der Waals surface area contributed by atoms with E-state index in [9.17, 15) is 18.3 Å². The summed E-state index contributed by atoms with van der Waals surface area (Å²) in [5.74, 6) is 0.219. The summed E-state index contributed by atoms with van der Waals surface area (Å²) in [6, 6.07) is 3.17. The summed E-state index contributed by atoms with van der Waals surface area (Å²) in [6.07, 6.45) is -3.64. The Hall–Kier alpha value is -1.27. The van der Waals surface area contributed by atoms with Gasteiger partial charge in [-0.2, -0.15) is 13.2 Å². The quantitative estimate of drug-likeness (QED) is 0.831. The maximum absolute atomic E-state index is 13.0. The molecule has 6 heteroatoms. The van der Waals surface area contributed by atoms with E-state index >= 15 is 0 Å². The lowest BCUT2D eigenvalue weighted by atomic mass is 9.92. The van der Waals surface area contributed by atoms with Crippen molar-refractivity contribution in [2.75, 3.05) is 27.3 Å². The summed E-state index contributed by atoms with van der Waals surface area (Å²) in [7, 11) is 3.56. The van der Waals surface area contributed by atoms with Crippen LogP contribution in [0.2, 0.25) is 0 Å². The minimum absolute atomic E-state index is 0.119. The van der Waals surface area contributed by atoms with Crippen molar-refractivity contribution in [3.05, 3.63) is 29.3 Å². The van der Waals surface area contributed by atoms with Gasteiger partial charge in [-0.3, -0.25) is 0 Å². The molecule has 0 aliphatic carbocycles. The number of ether oxygens (including phenoxy) is 1. The smallest absolute Gasteiger partial charge is 0.416 e. The fourth-order valence-corrected chi connectivity index (χ4v) is 2.49. The molecule has 0 aliphatic rings. The van der Waals surface area contributed by atoms with Crippen LogP contribution in [0.15, 0.2) is 18.2 Å². The van der Waals surface area contributed by atoms with Gasteiger partial charge in [-0.25, -0.2) is 0 Å². The molecular formula is C16H24F3NO2. The van der Waals surface area contributed by atoms with Crippen LogP contribution in [0.5, 0.6) is 5.75 Å². The molecule has 22 heavy (non-hydrogen) atoms. The second kappa shape index (κ2) is 7.83. The highest BCUT2D eigenvalue weighted by Crippen LogP contribution is 2.38. The molecule has 0 fully saturated rings. The summed E-state index contributed by atoms with van der Waals surface area (Å²) < 4.78 is 44.6. The van der Waals surface area contributed by atoms with Crippen LogP contribution in [-0.4, -0.2) is 37.3 Å². The molecular weight excluding hydrogens is 295 g/mol. The number of hydrogen-bond donors (Lipinski definition) is 1. The van der Waals surface area contributed by atoms with E-state index in [1.807, 2.05) is 6.92 Å². The van der Waals surface area contributed by atoms with Gasteiger partial charge in [0.1, 0.15) is 5.75 Å². The molecule has 0 radical (unpaired) electrons. The van der Waals surface area contributed by atoms with E-state index in [1.54, 1.807) is 25.9 Å². The minimum atomic E-state index is -4.41. The van der Waals surface area contributed by atoms with E-state index in [0.717, 1.165) is 18.6 Å². The average molecular weight is 319 g/mol. The van der Waals surface area contributed by atoms with Gasteiger partial charge in [0.05, 0.1) is 12.2 Å². The van der Waals surface area contributed by atoms with Crippen LogP contribution in [0.25, 0.3) is 0 Å². The second-order valence-electron chi connectivity index (χ2n) is 5.67. The van der Waals surface area contributed by atoms with Crippen LogP contribution in [0.3, 0.4) is 0 Å². The zero-order valence-electron chi connectivity index (χ0n) is 13.4. The molecule has 1 rings (SSSR count). The van der Waals surface area contributed by atoms with Crippen molar-refractivity contribution < 1.29 is 23.0 Å². The zero-order valence-corrected chi connectivity index (χ0v) is 13.4. The van der Waals surface area contributed by atoms with Crippen LogP contribution >= 0.6 is 0 Å². The number of aliphatic hydroxyl groups is 1. The Kier molecular flexibility index (Phi) is 6.68. The summed E-state index contributed by atoms with van der Waals surface area (Å²) >= 11 is 0. The first-order chi connectivity index (χ1) is 10.2. The third-order valence-corrected chi connectivity index (χ3v) is 3.50. The van der Waals surface area contributed by atoms with Gasteiger partial charge in [0, 0.05) is 18.2 Å². The summed E-state index contributed by atoms with van der Waals surface area (Å²) in [5, 5.41) is 9.42. The number of nitrogens with zero attached hydrogens (tertiary/aromatic N) is 1. The molecule has 1 N–H and O–H groups in total. The number of halogens is 3. The highest BCUT2D eigenvalue weighted by atomic mass is 19.4. The Bertz CT molecular complexity index is 475. The Morgan fingerprint density at radius 2 is 1.91 bits per heavy atom. The molecule has 0 heterocycles. The third kappa shape index (κ3) is 4.61. The molecule has 0 aromatic heterocycles. The molecule has 2 unspecified atom stereocenters. The Labute approximate surface area is 129 Å². The Morgan fingerprint density at radius 1 is 1.27 bits per heavy atom. The number of benzene rings is 1. The molecule has 0 aliphatic heterocycles. The number of rotatable bonds is 7. The van der Waals surface area contributed by atoms with E-state index in [1.165, 1.54) is 6.07 Å². The first kappa shape index (κ1) is 18.8. The van der Waals surface area contributed by atoms with Gasteiger partial charge in [-0.1, -0.05) is 13.8 Å². The molecule has 0 spiro atoms. The average Bonchev–Trinajstić information content (AvgIpc) is 2.44. The van der Waals surface area contributed by atoms with Gasteiger partial charge in [-0.05, 0) is 44.6 Å². The Balaban J connectivity index is 3.36. The van der Waals surface area contributed by atoms with Crippen LogP contribution in [-0.2, 0) is 6.18 Å². The first-order valence-corrected chi connectivity index (χ1v) is 7.33. The molecule has 2 atom stereocenters. The summed E-state index contributed by atoms with van der Waals surface area (Å²) in [4.78, 5) is 1.80. The van der Waals surface area contributed by atoms with E-state index in [4.69, 9.17) is 4.74 Å². The Morgan fingerprint density at radius 3 is 2.36 bits per heavy atom. The largest absolute Gasteiger partial charge is 0.493 e. The van der Waals surface area contributed by atoms with Gasteiger partial charge in [0.25, 0.3) is 0 Å². The van der Waals surface area contributed by atoms with Gasteiger partial charge in [0.15, 0.2) is 0 Å². The van der Waals surface area contributed by atoms with Crippen molar-refractivity contribution in [2.24, 2.45) is 5.92 Å². The number of aliphatic hydroxyl groups excluding tert-OH is 1. The molecule has 0 bridgehead atoms. The maximum Gasteiger partial charge on any atom is 0.416 e. The predicted octanol–water partition coefficient (Wildman–Crippen LogP) is 3.73. The topological polar surface area (TPSA) is 32.7 Å². The molecule has 0 saturated carbocycles. The van der Waals surface area contributed by atoms with Gasteiger partial charge >= 0.3 is 6.18 Å². The molecule has 0 amide bonds. The van der Waals surface area contributed by atoms with Gasteiger partial charge in [-0.15, -0.1) is 0 Å². The van der Waals surface area contributed by atoms with E-state index in [2.05, 4.69) is 0 Å². The zero-order chi connectivity index (χ0) is 16.9. The van der Waals surface area contributed by atoms with Crippen LogP contribution < -0.4 is 4.74 Å². The first-order valence-electron chi connectivity index (χ1n) is 7.33. The third-order valence-electron chi connectivity index (χ3n) is 3.50. The normalized spacial score (nSPS) is 15.0. The number of hydrogen-bond acceptors (Lipinski definition) is 3. The highest BCUT2D eigenvalue weighted by molar-refractivity contribution is 5.41. The molecule has 0 saturated heterocycles.